The molecule has 4 heteroatoms. The summed E-state index contributed by atoms with van der Waals surface area (Å²) in [4.78, 5) is 22.7. The molecule has 2 N–H and O–H groups in total. The summed E-state index contributed by atoms with van der Waals surface area (Å²) in [5.74, 6) is -1.21. The van der Waals surface area contributed by atoms with Gasteiger partial charge < -0.3 is 10.5 Å². The first-order valence-corrected chi connectivity index (χ1v) is 5.01. The molecule has 1 aliphatic heterocycles. The SMILES string of the molecule is CC(C)(C)c1cc2c(cc1N)C(=O)OC2=O. The van der Waals surface area contributed by atoms with Crippen LogP contribution in [0.4, 0.5) is 5.69 Å². The third-order valence-corrected chi connectivity index (χ3v) is 2.62. The maximum atomic E-state index is 11.4. The summed E-state index contributed by atoms with van der Waals surface area (Å²) >= 11 is 0. The molecule has 0 spiro atoms. The predicted octanol–water partition coefficient (Wildman–Crippen LogP) is 1.88. The van der Waals surface area contributed by atoms with E-state index in [0.29, 0.717) is 11.3 Å². The van der Waals surface area contributed by atoms with Crippen LogP contribution in [0.1, 0.15) is 47.1 Å². The zero-order valence-electron chi connectivity index (χ0n) is 9.46. The average molecular weight is 219 g/mol. The van der Waals surface area contributed by atoms with Crippen LogP contribution in [0.5, 0.6) is 0 Å². The number of ether oxygens (including phenoxy) is 1. The summed E-state index contributed by atoms with van der Waals surface area (Å²) in [6.07, 6.45) is 0. The maximum Gasteiger partial charge on any atom is 0.346 e. The highest BCUT2D eigenvalue weighted by molar-refractivity contribution is 6.15. The van der Waals surface area contributed by atoms with E-state index in [1.54, 1.807) is 6.07 Å². The fourth-order valence-electron chi connectivity index (χ4n) is 1.80. The summed E-state index contributed by atoms with van der Waals surface area (Å²) in [6.45, 7) is 5.98. The number of anilines is 1. The topological polar surface area (TPSA) is 69.4 Å². The number of rotatable bonds is 0. The molecule has 0 radical (unpaired) electrons. The first-order valence-electron chi connectivity index (χ1n) is 5.01. The third-order valence-electron chi connectivity index (χ3n) is 2.62. The molecule has 16 heavy (non-hydrogen) atoms. The normalized spacial score (nSPS) is 14.9. The molecule has 0 atom stereocenters. The molecule has 0 saturated carbocycles. The smallest absolute Gasteiger partial charge is 0.346 e. The number of nitrogen functional groups attached to an aromatic ring is 1. The molecule has 2 rings (SSSR count). The second-order valence-electron chi connectivity index (χ2n) is 4.91. The minimum Gasteiger partial charge on any atom is -0.398 e. The third kappa shape index (κ3) is 1.46. The Kier molecular flexibility index (Phi) is 2.05. The van der Waals surface area contributed by atoms with Crippen molar-refractivity contribution in [3.63, 3.8) is 0 Å². The van der Waals surface area contributed by atoms with Crippen molar-refractivity contribution in [1.82, 2.24) is 0 Å². The molecule has 1 aromatic rings. The Hall–Kier alpha value is -1.84. The van der Waals surface area contributed by atoms with Crippen LogP contribution in [0.3, 0.4) is 0 Å². The number of cyclic esters (lactones) is 2. The Bertz CT molecular complexity index is 498. The molecule has 1 heterocycles. The van der Waals surface area contributed by atoms with Gasteiger partial charge in [0.1, 0.15) is 0 Å². The number of fused-ring (bicyclic) bond motifs is 1. The molecule has 84 valence electrons. The standard InChI is InChI=1S/C12H13NO3/c1-12(2,3)8-4-6-7(5-9(8)13)11(15)16-10(6)14/h4-5H,13H2,1-3H3. The van der Waals surface area contributed by atoms with E-state index in [1.165, 1.54) is 6.07 Å². The Morgan fingerprint density at radius 2 is 1.56 bits per heavy atom. The first-order chi connectivity index (χ1) is 7.30. The van der Waals surface area contributed by atoms with E-state index in [-0.39, 0.29) is 11.0 Å². The second-order valence-corrected chi connectivity index (χ2v) is 4.91. The number of benzene rings is 1. The molecule has 0 fully saturated rings. The largest absolute Gasteiger partial charge is 0.398 e. The lowest BCUT2D eigenvalue weighted by atomic mass is 9.84. The van der Waals surface area contributed by atoms with Crippen molar-refractivity contribution in [2.45, 2.75) is 26.2 Å². The molecule has 1 aliphatic rings. The van der Waals surface area contributed by atoms with E-state index in [4.69, 9.17) is 5.73 Å². The van der Waals surface area contributed by atoms with Crippen LogP contribution in [0, 0.1) is 0 Å². The van der Waals surface area contributed by atoms with Gasteiger partial charge in [-0.05, 0) is 23.1 Å². The second kappa shape index (κ2) is 3.07. The monoisotopic (exact) mass is 219 g/mol. The number of hydrogen-bond donors (Lipinski definition) is 1. The van der Waals surface area contributed by atoms with Gasteiger partial charge in [0.25, 0.3) is 0 Å². The summed E-state index contributed by atoms with van der Waals surface area (Å²) in [5, 5.41) is 0. The van der Waals surface area contributed by atoms with Crippen LogP contribution in [0.25, 0.3) is 0 Å². The zero-order valence-corrected chi connectivity index (χ0v) is 9.46. The van der Waals surface area contributed by atoms with Crippen molar-refractivity contribution in [2.75, 3.05) is 5.73 Å². The first kappa shape index (κ1) is 10.7. The van der Waals surface area contributed by atoms with E-state index in [2.05, 4.69) is 4.74 Å². The van der Waals surface area contributed by atoms with Crippen molar-refractivity contribution in [3.8, 4) is 0 Å². The highest BCUT2D eigenvalue weighted by Crippen LogP contribution is 2.32. The molecular weight excluding hydrogens is 206 g/mol. The van der Waals surface area contributed by atoms with Gasteiger partial charge in [0.05, 0.1) is 11.1 Å². The molecule has 1 aromatic carbocycles. The van der Waals surface area contributed by atoms with Gasteiger partial charge in [0, 0.05) is 5.69 Å². The summed E-state index contributed by atoms with van der Waals surface area (Å²) in [6, 6.07) is 3.17. The van der Waals surface area contributed by atoms with Crippen LogP contribution in [-0.4, -0.2) is 11.9 Å². The molecule has 0 amide bonds. The fraction of sp³-hybridized carbons (Fsp3) is 0.333. The average Bonchev–Trinajstić information content (AvgIpc) is 2.39. The highest BCUT2D eigenvalue weighted by Gasteiger charge is 2.32. The Morgan fingerprint density at radius 3 is 2.06 bits per heavy atom. The molecule has 0 unspecified atom stereocenters. The van der Waals surface area contributed by atoms with Gasteiger partial charge in [-0.2, -0.15) is 0 Å². The van der Waals surface area contributed by atoms with Gasteiger partial charge in [-0.25, -0.2) is 9.59 Å². The van der Waals surface area contributed by atoms with E-state index in [0.717, 1.165) is 5.56 Å². The number of carbonyl (C=O) groups excluding carboxylic acids is 2. The van der Waals surface area contributed by atoms with Crippen molar-refractivity contribution in [3.05, 3.63) is 28.8 Å². The van der Waals surface area contributed by atoms with E-state index in [1.807, 2.05) is 20.8 Å². The van der Waals surface area contributed by atoms with Crippen LogP contribution in [0.15, 0.2) is 12.1 Å². The van der Waals surface area contributed by atoms with Gasteiger partial charge >= 0.3 is 11.9 Å². The Labute approximate surface area is 93.4 Å². The lowest BCUT2D eigenvalue weighted by molar-refractivity contribution is 0.0444. The molecule has 0 aromatic heterocycles. The van der Waals surface area contributed by atoms with E-state index < -0.39 is 11.9 Å². The molecular formula is C12H13NO3. The van der Waals surface area contributed by atoms with E-state index in [9.17, 15) is 9.59 Å². The summed E-state index contributed by atoms with van der Waals surface area (Å²) < 4.78 is 4.52. The number of esters is 2. The number of hydrogen-bond acceptors (Lipinski definition) is 4. The Morgan fingerprint density at radius 1 is 1.06 bits per heavy atom. The van der Waals surface area contributed by atoms with Crippen molar-refractivity contribution in [1.29, 1.82) is 0 Å². The van der Waals surface area contributed by atoms with Gasteiger partial charge in [0.15, 0.2) is 0 Å². The van der Waals surface area contributed by atoms with Crippen molar-refractivity contribution >= 4 is 17.6 Å². The van der Waals surface area contributed by atoms with Gasteiger partial charge in [0.2, 0.25) is 0 Å². The van der Waals surface area contributed by atoms with Gasteiger partial charge in [-0.15, -0.1) is 0 Å². The van der Waals surface area contributed by atoms with Crippen LogP contribution in [0.2, 0.25) is 0 Å². The lowest BCUT2D eigenvalue weighted by Gasteiger charge is -2.21. The number of nitrogens with two attached hydrogens (primary N) is 1. The number of carbonyl (C=O) groups is 2. The molecule has 0 saturated heterocycles. The van der Waals surface area contributed by atoms with Gasteiger partial charge in [-0.3, -0.25) is 0 Å². The minimum absolute atomic E-state index is 0.176. The van der Waals surface area contributed by atoms with E-state index >= 15 is 0 Å². The molecule has 4 nitrogen and oxygen atoms in total. The lowest BCUT2D eigenvalue weighted by Crippen LogP contribution is -2.15. The molecule has 0 aliphatic carbocycles. The van der Waals surface area contributed by atoms with Crippen LogP contribution < -0.4 is 5.73 Å². The predicted molar refractivity (Wildman–Crippen MR) is 59.3 cm³/mol. The summed E-state index contributed by atoms with van der Waals surface area (Å²) in [7, 11) is 0. The zero-order chi connectivity index (χ0) is 12.1. The van der Waals surface area contributed by atoms with Crippen molar-refractivity contribution < 1.29 is 14.3 Å². The van der Waals surface area contributed by atoms with Crippen LogP contribution in [-0.2, 0) is 10.2 Å². The highest BCUT2D eigenvalue weighted by atomic mass is 16.6. The fourth-order valence-corrected chi connectivity index (χ4v) is 1.80. The Balaban J connectivity index is 2.67. The minimum atomic E-state index is -0.618. The summed E-state index contributed by atoms with van der Waals surface area (Å²) in [5.41, 5.74) is 7.62. The van der Waals surface area contributed by atoms with Crippen molar-refractivity contribution in [2.24, 2.45) is 0 Å². The van der Waals surface area contributed by atoms with Gasteiger partial charge in [-0.1, -0.05) is 20.8 Å². The quantitative estimate of drug-likeness (QED) is 0.411. The maximum absolute atomic E-state index is 11.4. The van der Waals surface area contributed by atoms with Crippen LogP contribution >= 0.6 is 0 Å². The molecule has 0 bridgehead atoms.